The zero-order chi connectivity index (χ0) is 16.4. The molecule has 0 aliphatic heterocycles. The number of carbonyl (C=O) groups excluding carboxylic acids is 2. The number of benzene rings is 1. The summed E-state index contributed by atoms with van der Waals surface area (Å²) in [5, 5.41) is 2.75. The lowest BCUT2D eigenvalue weighted by molar-refractivity contribution is 0.0996. The number of nitrogens with one attached hydrogen (secondary N) is 2. The molecule has 0 spiro atoms. The molecule has 0 atom stereocenters. The molecule has 0 saturated heterocycles. The van der Waals surface area contributed by atoms with Crippen molar-refractivity contribution in [2.24, 2.45) is 5.73 Å². The maximum absolute atomic E-state index is 12.3. The Morgan fingerprint density at radius 3 is 2.50 bits per heavy atom. The quantitative estimate of drug-likeness (QED) is 0.805. The van der Waals surface area contributed by atoms with E-state index < -0.39 is 17.4 Å². The predicted octanol–water partition coefficient (Wildman–Crippen LogP) is 2.00. The first-order valence-electron chi connectivity index (χ1n) is 6.41. The molecule has 0 aliphatic rings. The number of hydrogen-bond acceptors (Lipinski definition) is 3. The van der Waals surface area contributed by atoms with Crippen LogP contribution in [-0.2, 0) is 0 Å². The summed E-state index contributed by atoms with van der Waals surface area (Å²) in [6.07, 6.45) is 0. The van der Waals surface area contributed by atoms with Crippen LogP contribution in [0.25, 0.3) is 0 Å². The summed E-state index contributed by atoms with van der Waals surface area (Å²) in [6, 6.07) is 6.03. The van der Waals surface area contributed by atoms with Crippen LogP contribution in [0.15, 0.2) is 29.1 Å². The van der Waals surface area contributed by atoms with Gasteiger partial charge >= 0.3 is 0 Å². The summed E-state index contributed by atoms with van der Waals surface area (Å²) >= 11 is 5.84. The average molecular weight is 320 g/mol. The van der Waals surface area contributed by atoms with Gasteiger partial charge in [0.05, 0.1) is 10.6 Å². The Labute approximate surface area is 131 Å². The lowest BCUT2D eigenvalue weighted by atomic mass is 10.1. The molecular formula is C15H14ClN3O3. The molecule has 0 radical (unpaired) electrons. The number of carbonyl (C=O) groups is 2. The van der Waals surface area contributed by atoms with Crippen LogP contribution in [-0.4, -0.2) is 16.8 Å². The number of aromatic amines is 1. The van der Waals surface area contributed by atoms with Gasteiger partial charge in [0.2, 0.25) is 5.91 Å². The Morgan fingerprint density at radius 1 is 1.23 bits per heavy atom. The summed E-state index contributed by atoms with van der Waals surface area (Å²) in [7, 11) is 0. The van der Waals surface area contributed by atoms with E-state index in [1.807, 2.05) is 0 Å². The van der Waals surface area contributed by atoms with Gasteiger partial charge < -0.3 is 16.0 Å². The molecule has 0 unspecified atom stereocenters. The minimum atomic E-state index is -0.703. The highest BCUT2D eigenvalue weighted by molar-refractivity contribution is 6.34. The third kappa shape index (κ3) is 3.17. The fraction of sp³-hybridized carbons (Fsp3) is 0.133. The maximum Gasteiger partial charge on any atom is 0.261 e. The molecule has 0 fully saturated rings. The van der Waals surface area contributed by atoms with E-state index in [0.29, 0.717) is 16.9 Å². The standard InChI is InChI=1S/C15H14ClN3O3/c1-7-5-8(2)18-14(21)12(7)15(22)19-9-3-4-11(16)10(6-9)13(17)20/h3-6H,1-2H3,(H2,17,20)(H,18,21)(H,19,22). The molecule has 7 heteroatoms. The van der Waals surface area contributed by atoms with Gasteiger partial charge in [-0.2, -0.15) is 0 Å². The fourth-order valence-corrected chi connectivity index (χ4v) is 2.33. The largest absolute Gasteiger partial charge is 0.366 e. The molecule has 2 amide bonds. The molecule has 0 saturated carbocycles. The predicted molar refractivity (Wildman–Crippen MR) is 84.5 cm³/mol. The highest BCUT2D eigenvalue weighted by atomic mass is 35.5. The molecule has 114 valence electrons. The minimum absolute atomic E-state index is 0.0150. The molecule has 1 aromatic heterocycles. The summed E-state index contributed by atoms with van der Waals surface area (Å²) < 4.78 is 0. The van der Waals surface area contributed by atoms with E-state index in [4.69, 9.17) is 17.3 Å². The van der Waals surface area contributed by atoms with E-state index >= 15 is 0 Å². The highest BCUT2D eigenvalue weighted by Gasteiger charge is 2.16. The topological polar surface area (TPSA) is 105 Å². The Bertz CT molecular complexity index is 827. The van der Waals surface area contributed by atoms with Crippen LogP contribution in [0.3, 0.4) is 0 Å². The summed E-state index contributed by atoms with van der Waals surface area (Å²) in [5.41, 5.74) is 6.38. The summed E-state index contributed by atoms with van der Waals surface area (Å²) in [5.74, 6) is -1.28. The Hall–Kier alpha value is -2.60. The van der Waals surface area contributed by atoms with Gasteiger partial charge in [0.1, 0.15) is 5.56 Å². The SMILES string of the molecule is Cc1cc(C)c(C(=O)Nc2ccc(Cl)c(C(N)=O)c2)c(=O)[nH]1. The minimum Gasteiger partial charge on any atom is -0.366 e. The Balaban J connectivity index is 2.36. The molecule has 0 bridgehead atoms. The van der Waals surface area contributed by atoms with Crippen LogP contribution >= 0.6 is 11.6 Å². The van der Waals surface area contributed by atoms with Gasteiger partial charge in [-0.3, -0.25) is 14.4 Å². The number of hydrogen-bond donors (Lipinski definition) is 3. The van der Waals surface area contributed by atoms with E-state index in [1.54, 1.807) is 19.9 Å². The molecule has 1 aromatic carbocycles. The van der Waals surface area contributed by atoms with Crippen molar-refractivity contribution in [1.82, 2.24) is 4.98 Å². The molecule has 6 nitrogen and oxygen atoms in total. The second kappa shape index (κ2) is 6.03. The van der Waals surface area contributed by atoms with Gasteiger partial charge in [0.25, 0.3) is 11.5 Å². The number of rotatable bonds is 3. The van der Waals surface area contributed by atoms with Crippen LogP contribution in [0.5, 0.6) is 0 Å². The van der Waals surface area contributed by atoms with Crippen molar-refractivity contribution >= 4 is 29.1 Å². The normalized spacial score (nSPS) is 10.3. The molecule has 22 heavy (non-hydrogen) atoms. The number of aromatic nitrogens is 1. The number of anilines is 1. The lowest BCUT2D eigenvalue weighted by Crippen LogP contribution is -2.25. The third-order valence-corrected chi connectivity index (χ3v) is 3.41. The average Bonchev–Trinajstić information content (AvgIpc) is 2.39. The summed E-state index contributed by atoms with van der Waals surface area (Å²) in [4.78, 5) is 38.0. The van der Waals surface area contributed by atoms with Crippen LogP contribution in [0, 0.1) is 13.8 Å². The number of amides is 2. The van der Waals surface area contributed by atoms with Crippen molar-refractivity contribution in [2.45, 2.75) is 13.8 Å². The summed E-state index contributed by atoms with van der Waals surface area (Å²) in [6.45, 7) is 3.41. The molecule has 4 N–H and O–H groups in total. The molecular weight excluding hydrogens is 306 g/mol. The van der Waals surface area contributed by atoms with Crippen molar-refractivity contribution < 1.29 is 9.59 Å². The Morgan fingerprint density at radius 2 is 1.91 bits per heavy atom. The number of aryl methyl sites for hydroxylation is 2. The van der Waals surface area contributed by atoms with Gasteiger partial charge in [0, 0.05) is 11.4 Å². The van der Waals surface area contributed by atoms with Gasteiger partial charge in [-0.15, -0.1) is 0 Å². The monoisotopic (exact) mass is 319 g/mol. The second-order valence-corrected chi connectivity index (χ2v) is 5.26. The molecule has 2 aromatic rings. The number of nitrogens with two attached hydrogens (primary N) is 1. The van der Waals surface area contributed by atoms with Crippen LogP contribution in [0.1, 0.15) is 32.0 Å². The number of halogens is 1. The first kappa shape index (κ1) is 15.8. The van der Waals surface area contributed by atoms with Crippen molar-refractivity contribution in [1.29, 1.82) is 0 Å². The highest BCUT2D eigenvalue weighted by Crippen LogP contribution is 2.20. The molecule has 0 aliphatic carbocycles. The fourth-order valence-electron chi connectivity index (χ4n) is 2.12. The van der Waals surface area contributed by atoms with Crippen molar-refractivity contribution in [3.8, 4) is 0 Å². The third-order valence-electron chi connectivity index (χ3n) is 3.08. The van der Waals surface area contributed by atoms with Crippen molar-refractivity contribution in [2.75, 3.05) is 5.32 Å². The van der Waals surface area contributed by atoms with Gasteiger partial charge in [-0.05, 0) is 43.7 Å². The van der Waals surface area contributed by atoms with Gasteiger partial charge in [-0.25, -0.2) is 0 Å². The smallest absolute Gasteiger partial charge is 0.261 e. The van der Waals surface area contributed by atoms with Crippen LogP contribution in [0.4, 0.5) is 5.69 Å². The van der Waals surface area contributed by atoms with E-state index in [2.05, 4.69) is 10.3 Å². The van der Waals surface area contributed by atoms with Gasteiger partial charge in [-0.1, -0.05) is 11.6 Å². The van der Waals surface area contributed by atoms with E-state index in [-0.39, 0.29) is 16.1 Å². The number of H-pyrrole nitrogens is 1. The van der Waals surface area contributed by atoms with Crippen LogP contribution in [0.2, 0.25) is 5.02 Å². The van der Waals surface area contributed by atoms with Crippen molar-refractivity contribution in [3.63, 3.8) is 0 Å². The molecule has 2 rings (SSSR count). The second-order valence-electron chi connectivity index (χ2n) is 4.85. The number of pyridine rings is 1. The van der Waals surface area contributed by atoms with E-state index in [9.17, 15) is 14.4 Å². The molecule has 1 heterocycles. The van der Waals surface area contributed by atoms with E-state index in [1.165, 1.54) is 18.2 Å². The van der Waals surface area contributed by atoms with Gasteiger partial charge in [0.15, 0.2) is 0 Å². The zero-order valence-corrected chi connectivity index (χ0v) is 12.7. The first-order valence-corrected chi connectivity index (χ1v) is 6.78. The van der Waals surface area contributed by atoms with E-state index in [0.717, 1.165) is 0 Å². The van der Waals surface area contributed by atoms with Crippen molar-refractivity contribution in [3.05, 3.63) is 62.0 Å². The van der Waals surface area contributed by atoms with Crippen LogP contribution < -0.4 is 16.6 Å². The zero-order valence-electron chi connectivity index (χ0n) is 12.0. The lowest BCUT2D eigenvalue weighted by Gasteiger charge is -2.09. The Kier molecular flexibility index (Phi) is 4.32. The first-order chi connectivity index (χ1) is 10.3. The number of primary amides is 1. The maximum atomic E-state index is 12.3.